The highest BCUT2D eigenvalue weighted by Gasteiger charge is 2.16. The SMILES string of the molecule is CCOc1ccc(C2N=C(N)NC(=S)N2)cc1. The molecule has 2 rings (SSSR count). The number of ether oxygens (including phenoxy) is 1. The highest BCUT2D eigenvalue weighted by Crippen LogP contribution is 2.19. The minimum absolute atomic E-state index is 0.237. The van der Waals surface area contributed by atoms with Gasteiger partial charge < -0.3 is 21.1 Å². The van der Waals surface area contributed by atoms with Crippen LogP contribution in [0.5, 0.6) is 5.75 Å². The van der Waals surface area contributed by atoms with Gasteiger partial charge in [0.1, 0.15) is 11.9 Å². The van der Waals surface area contributed by atoms with Crippen LogP contribution in [-0.4, -0.2) is 17.7 Å². The minimum Gasteiger partial charge on any atom is -0.494 e. The second kappa shape index (κ2) is 5.01. The number of benzene rings is 1. The van der Waals surface area contributed by atoms with E-state index in [-0.39, 0.29) is 6.17 Å². The molecule has 0 fully saturated rings. The lowest BCUT2D eigenvalue weighted by molar-refractivity contribution is 0.340. The molecule has 6 heteroatoms. The fourth-order valence-electron chi connectivity index (χ4n) is 1.55. The van der Waals surface area contributed by atoms with Crippen LogP contribution in [0.1, 0.15) is 18.7 Å². The van der Waals surface area contributed by atoms with Gasteiger partial charge in [-0.3, -0.25) is 0 Å². The van der Waals surface area contributed by atoms with Crippen molar-refractivity contribution in [1.29, 1.82) is 0 Å². The molecule has 0 aromatic heterocycles. The Kier molecular flexibility index (Phi) is 3.43. The molecule has 0 saturated carbocycles. The topological polar surface area (TPSA) is 71.7 Å². The first-order chi connectivity index (χ1) is 8.19. The highest BCUT2D eigenvalue weighted by molar-refractivity contribution is 7.80. The minimum atomic E-state index is -0.237. The number of nitrogens with zero attached hydrogens (tertiary/aromatic N) is 1. The van der Waals surface area contributed by atoms with Crippen LogP contribution in [0.15, 0.2) is 29.3 Å². The van der Waals surface area contributed by atoms with E-state index in [4.69, 9.17) is 22.7 Å². The molecule has 1 heterocycles. The van der Waals surface area contributed by atoms with Gasteiger partial charge in [0.25, 0.3) is 0 Å². The van der Waals surface area contributed by atoms with Crippen LogP contribution in [0.4, 0.5) is 0 Å². The average molecular weight is 250 g/mol. The zero-order valence-corrected chi connectivity index (χ0v) is 10.3. The highest BCUT2D eigenvalue weighted by atomic mass is 32.1. The molecule has 0 saturated heterocycles. The Labute approximate surface area is 105 Å². The predicted octanol–water partition coefficient (Wildman–Crippen LogP) is 0.876. The number of nitrogens with one attached hydrogen (secondary N) is 2. The van der Waals surface area contributed by atoms with E-state index in [2.05, 4.69) is 15.6 Å². The third-order valence-corrected chi connectivity index (χ3v) is 2.50. The van der Waals surface area contributed by atoms with Crippen molar-refractivity contribution in [3.63, 3.8) is 0 Å². The summed E-state index contributed by atoms with van der Waals surface area (Å²) in [6.45, 7) is 2.60. The molecule has 1 unspecified atom stereocenters. The number of thiocarbonyl (C=S) groups is 1. The van der Waals surface area contributed by atoms with Gasteiger partial charge in [-0.25, -0.2) is 4.99 Å². The molecule has 1 aliphatic rings. The molecule has 0 aliphatic carbocycles. The second-order valence-electron chi connectivity index (χ2n) is 3.52. The van der Waals surface area contributed by atoms with Gasteiger partial charge in [-0.1, -0.05) is 12.1 Å². The number of hydrogen-bond acceptors (Lipinski definition) is 4. The van der Waals surface area contributed by atoms with E-state index in [1.54, 1.807) is 0 Å². The summed E-state index contributed by atoms with van der Waals surface area (Å²) in [6, 6.07) is 7.68. The average Bonchev–Trinajstić information content (AvgIpc) is 2.29. The fraction of sp³-hybridized carbons (Fsp3) is 0.273. The lowest BCUT2D eigenvalue weighted by atomic mass is 10.1. The summed E-state index contributed by atoms with van der Waals surface area (Å²) in [5.41, 5.74) is 6.60. The Hall–Kier alpha value is -1.82. The van der Waals surface area contributed by atoms with Crippen molar-refractivity contribution in [3.8, 4) is 5.75 Å². The Morgan fingerprint density at radius 2 is 2.12 bits per heavy atom. The third-order valence-electron chi connectivity index (χ3n) is 2.28. The van der Waals surface area contributed by atoms with E-state index in [1.165, 1.54) is 0 Å². The van der Waals surface area contributed by atoms with Crippen LogP contribution < -0.4 is 21.1 Å². The molecule has 5 nitrogen and oxygen atoms in total. The van der Waals surface area contributed by atoms with E-state index < -0.39 is 0 Å². The summed E-state index contributed by atoms with van der Waals surface area (Å²) >= 11 is 5.02. The molecular weight excluding hydrogens is 236 g/mol. The molecule has 4 N–H and O–H groups in total. The maximum Gasteiger partial charge on any atom is 0.197 e. The van der Waals surface area contributed by atoms with Gasteiger partial charge in [-0.2, -0.15) is 0 Å². The number of guanidine groups is 1. The van der Waals surface area contributed by atoms with Crippen LogP contribution >= 0.6 is 12.2 Å². The molecule has 0 radical (unpaired) electrons. The maximum atomic E-state index is 5.62. The Morgan fingerprint density at radius 1 is 1.41 bits per heavy atom. The van der Waals surface area contributed by atoms with Gasteiger partial charge in [0, 0.05) is 0 Å². The molecule has 17 heavy (non-hydrogen) atoms. The number of rotatable bonds is 3. The quantitative estimate of drug-likeness (QED) is 0.695. The van der Waals surface area contributed by atoms with Crippen LogP contribution in [0.25, 0.3) is 0 Å². The number of hydrogen-bond donors (Lipinski definition) is 3. The lowest BCUT2D eigenvalue weighted by Crippen LogP contribution is -2.49. The summed E-state index contributed by atoms with van der Waals surface area (Å²) in [6.07, 6.45) is -0.237. The largest absolute Gasteiger partial charge is 0.494 e. The molecule has 1 aromatic rings. The Morgan fingerprint density at radius 3 is 2.71 bits per heavy atom. The summed E-state index contributed by atoms with van der Waals surface area (Å²) in [4.78, 5) is 4.22. The van der Waals surface area contributed by atoms with Crippen molar-refractivity contribution in [2.24, 2.45) is 10.7 Å². The molecular formula is C11H14N4OS. The van der Waals surface area contributed by atoms with Gasteiger partial charge >= 0.3 is 0 Å². The van der Waals surface area contributed by atoms with E-state index in [0.29, 0.717) is 17.7 Å². The summed E-state index contributed by atoms with van der Waals surface area (Å²) < 4.78 is 5.37. The van der Waals surface area contributed by atoms with Gasteiger partial charge in [0.05, 0.1) is 6.61 Å². The molecule has 0 bridgehead atoms. The third kappa shape index (κ3) is 2.85. The van der Waals surface area contributed by atoms with Crippen molar-refractivity contribution in [2.45, 2.75) is 13.1 Å². The first kappa shape index (κ1) is 11.7. The smallest absolute Gasteiger partial charge is 0.197 e. The van der Waals surface area contributed by atoms with E-state index in [0.717, 1.165) is 11.3 Å². The first-order valence-electron chi connectivity index (χ1n) is 5.32. The van der Waals surface area contributed by atoms with Crippen molar-refractivity contribution < 1.29 is 4.74 Å². The molecule has 1 aliphatic heterocycles. The van der Waals surface area contributed by atoms with Crippen molar-refractivity contribution in [2.75, 3.05) is 6.61 Å². The zero-order chi connectivity index (χ0) is 12.3. The molecule has 0 spiro atoms. The Balaban J connectivity index is 2.17. The Bertz CT molecular complexity index is 443. The van der Waals surface area contributed by atoms with E-state index in [1.807, 2.05) is 31.2 Å². The van der Waals surface area contributed by atoms with E-state index >= 15 is 0 Å². The van der Waals surface area contributed by atoms with Gasteiger partial charge in [-0.15, -0.1) is 0 Å². The van der Waals surface area contributed by atoms with Crippen molar-refractivity contribution in [1.82, 2.24) is 10.6 Å². The molecule has 0 amide bonds. The maximum absolute atomic E-state index is 5.62. The van der Waals surface area contributed by atoms with Crippen LogP contribution in [0.3, 0.4) is 0 Å². The van der Waals surface area contributed by atoms with Crippen molar-refractivity contribution in [3.05, 3.63) is 29.8 Å². The monoisotopic (exact) mass is 250 g/mol. The van der Waals surface area contributed by atoms with E-state index in [9.17, 15) is 0 Å². The molecule has 1 aromatic carbocycles. The zero-order valence-electron chi connectivity index (χ0n) is 9.43. The van der Waals surface area contributed by atoms with Crippen LogP contribution in [0, 0.1) is 0 Å². The lowest BCUT2D eigenvalue weighted by Gasteiger charge is -2.23. The molecule has 90 valence electrons. The second-order valence-corrected chi connectivity index (χ2v) is 3.93. The standard InChI is InChI=1S/C11H14N4OS/c1-2-16-8-5-3-7(4-6-8)9-13-10(12)15-11(17)14-9/h3-6,9H,2H2,1H3,(H4,12,13,14,15,17). The first-order valence-corrected chi connectivity index (χ1v) is 5.73. The fourth-order valence-corrected chi connectivity index (χ4v) is 1.77. The summed E-state index contributed by atoms with van der Waals surface area (Å²) in [5, 5.41) is 6.24. The van der Waals surface area contributed by atoms with Crippen LogP contribution in [0.2, 0.25) is 0 Å². The summed E-state index contributed by atoms with van der Waals surface area (Å²) in [7, 11) is 0. The number of aliphatic imine (C=N–C) groups is 1. The van der Waals surface area contributed by atoms with Gasteiger partial charge in [0.2, 0.25) is 0 Å². The number of nitrogens with two attached hydrogens (primary N) is 1. The molecule has 1 atom stereocenters. The summed E-state index contributed by atoms with van der Waals surface area (Å²) in [5.74, 6) is 1.16. The predicted molar refractivity (Wildman–Crippen MR) is 70.8 cm³/mol. The normalized spacial score (nSPS) is 19.0. The van der Waals surface area contributed by atoms with Crippen molar-refractivity contribution >= 4 is 23.3 Å². The van der Waals surface area contributed by atoms with Crippen LogP contribution in [-0.2, 0) is 0 Å². The van der Waals surface area contributed by atoms with Gasteiger partial charge in [0.15, 0.2) is 11.1 Å². The van der Waals surface area contributed by atoms with Gasteiger partial charge in [-0.05, 0) is 36.8 Å².